The van der Waals surface area contributed by atoms with Gasteiger partial charge < -0.3 is 20.0 Å². The summed E-state index contributed by atoms with van der Waals surface area (Å²) in [6, 6.07) is 6.99. The summed E-state index contributed by atoms with van der Waals surface area (Å²) in [6.45, 7) is 0.409. The third-order valence-electron chi connectivity index (χ3n) is 3.03. The Bertz CT molecular complexity index is 793. The largest absolute Gasteiger partial charge is 0.454 e. The van der Waals surface area contributed by atoms with Crippen LogP contribution in [0.4, 0.5) is 5.82 Å². The lowest BCUT2D eigenvalue weighted by molar-refractivity contribution is 0.0934. The van der Waals surface area contributed by atoms with Crippen LogP contribution in [0.1, 0.15) is 16.3 Å². The van der Waals surface area contributed by atoms with E-state index in [1.807, 2.05) is 6.07 Å². The average molecular weight is 305 g/mol. The number of nitrogens with one attached hydrogen (secondary N) is 3. The fourth-order valence-electron chi connectivity index (χ4n) is 1.98. The first-order valence-electron chi connectivity index (χ1n) is 6.35. The summed E-state index contributed by atoms with van der Waals surface area (Å²) >= 11 is 6.17. The zero-order chi connectivity index (χ0) is 14.8. The van der Waals surface area contributed by atoms with Crippen LogP contribution in [0.15, 0.2) is 34.9 Å². The van der Waals surface area contributed by atoms with Crippen molar-refractivity contribution in [3.8, 4) is 0 Å². The molecule has 1 amide bonds. The number of hydrogen-bond acceptors (Lipinski definition) is 4. The molecule has 3 aromatic rings. The number of fused-ring (bicyclic) bond motifs is 1. The highest BCUT2D eigenvalue weighted by Crippen LogP contribution is 2.24. The molecule has 3 rings (SSSR count). The molecular weight excluding hydrogens is 292 g/mol. The zero-order valence-electron chi connectivity index (χ0n) is 11.2. The van der Waals surface area contributed by atoms with Crippen LogP contribution in [0.2, 0.25) is 5.02 Å². The molecule has 3 heterocycles. The number of halogens is 1. The van der Waals surface area contributed by atoms with Gasteiger partial charge in [-0.15, -0.1) is 0 Å². The topological polar surface area (TPSA) is 83.0 Å². The predicted octanol–water partition coefficient (Wildman–Crippen LogP) is 2.78. The molecule has 3 aromatic heterocycles. The monoisotopic (exact) mass is 304 g/mol. The Morgan fingerprint density at radius 3 is 3.10 bits per heavy atom. The SMILES string of the molecule is CNC(=O)c1ccc(CNc2cc(Cl)c3cc[nH]c3n2)o1. The number of pyridine rings is 1. The average Bonchev–Trinajstić information content (AvgIpc) is 3.13. The van der Waals surface area contributed by atoms with Gasteiger partial charge in [-0.3, -0.25) is 4.79 Å². The van der Waals surface area contributed by atoms with Crippen LogP contribution in [-0.2, 0) is 6.54 Å². The number of carbonyl (C=O) groups is 1. The van der Waals surface area contributed by atoms with Gasteiger partial charge in [-0.2, -0.15) is 0 Å². The van der Waals surface area contributed by atoms with Gasteiger partial charge in [-0.1, -0.05) is 11.6 Å². The molecule has 0 aliphatic carbocycles. The van der Waals surface area contributed by atoms with Crippen molar-refractivity contribution in [1.82, 2.24) is 15.3 Å². The van der Waals surface area contributed by atoms with E-state index >= 15 is 0 Å². The van der Waals surface area contributed by atoms with Gasteiger partial charge in [-0.25, -0.2) is 4.98 Å². The fourth-order valence-corrected chi connectivity index (χ4v) is 2.24. The Balaban J connectivity index is 1.74. The molecule has 0 aromatic carbocycles. The zero-order valence-corrected chi connectivity index (χ0v) is 12.0. The minimum Gasteiger partial charge on any atom is -0.454 e. The van der Waals surface area contributed by atoms with Gasteiger partial charge >= 0.3 is 0 Å². The summed E-state index contributed by atoms with van der Waals surface area (Å²) < 4.78 is 5.42. The van der Waals surface area contributed by atoms with Gasteiger partial charge in [0.25, 0.3) is 5.91 Å². The second kappa shape index (κ2) is 5.49. The standard InChI is InChI=1S/C14H13ClN4O2/c1-16-14(20)11-3-2-8(21-11)7-18-12-6-10(15)9-4-5-17-13(9)19-12/h2-6H,7H2,1H3,(H,16,20)(H2,17,18,19). The molecule has 21 heavy (non-hydrogen) atoms. The van der Waals surface area contributed by atoms with Gasteiger partial charge in [0.05, 0.1) is 11.6 Å². The predicted molar refractivity (Wildman–Crippen MR) is 80.5 cm³/mol. The van der Waals surface area contributed by atoms with E-state index in [0.29, 0.717) is 23.1 Å². The third-order valence-corrected chi connectivity index (χ3v) is 3.35. The molecule has 0 fully saturated rings. The molecule has 0 saturated heterocycles. The van der Waals surface area contributed by atoms with Gasteiger partial charge in [0.15, 0.2) is 5.76 Å². The number of aromatic amines is 1. The summed E-state index contributed by atoms with van der Waals surface area (Å²) in [6.07, 6.45) is 1.79. The highest BCUT2D eigenvalue weighted by Gasteiger charge is 2.10. The van der Waals surface area contributed by atoms with Crippen molar-refractivity contribution >= 4 is 34.4 Å². The molecule has 108 valence electrons. The highest BCUT2D eigenvalue weighted by atomic mass is 35.5. The lowest BCUT2D eigenvalue weighted by Gasteiger charge is -2.05. The van der Waals surface area contributed by atoms with Crippen LogP contribution >= 0.6 is 11.6 Å². The number of carbonyl (C=O) groups excluding carboxylic acids is 1. The maximum absolute atomic E-state index is 11.4. The lowest BCUT2D eigenvalue weighted by atomic mass is 10.3. The summed E-state index contributed by atoms with van der Waals surface area (Å²) in [5, 5.41) is 7.12. The Morgan fingerprint density at radius 1 is 1.43 bits per heavy atom. The molecule has 3 N–H and O–H groups in total. The Morgan fingerprint density at radius 2 is 2.29 bits per heavy atom. The summed E-state index contributed by atoms with van der Waals surface area (Å²) in [5.74, 6) is 1.29. The summed E-state index contributed by atoms with van der Waals surface area (Å²) in [7, 11) is 1.56. The minimum absolute atomic E-state index is 0.254. The van der Waals surface area contributed by atoms with E-state index in [1.54, 1.807) is 31.4 Å². The fraction of sp³-hybridized carbons (Fsp3) is 0.143. The first-order valence-corrected chi connectivity index (χ1v) is 6.73. The van der Waals surface area contributed by atoms with Crippen molar-refractivity contribution in [2.75, 3.05) is 12.4 Å². The summed E-state index contributed by atoms with van der Waals surface area (Å²) in [5.41, 5.74) is 0.718. The van der Waals surface area contributed by atoms with Crippen LogP contribution in [-0.4, -0.2) is 22.9 Å². The van der Waals surface area contributed by atoms with E-state index in [1.165, 1.54) is 0 Å². The second-order valence-electron chi connectivity index (χ2n) is 4.43. The normalized spacial score (nSPS) is 10.8. The van der Waals surface area contributed by atoms with Crippen molar-refractivity contribution in [1.29, 1.82) is 0 Å². The Kier molecular flexibility index (Phi) is 3.53. The van der Waals surface area contributed by atoms with E-state index in [2.05, 4.69) is 20.6 Å². The summed E-state index contributed by atoms with van der Waals surface area (Å²) in [4.78, 5) is 18.8. The minimum atomic E-state index is -0.254. The van der Waals surface area contributed by atoms with E-state index in [9.17, 15) is 4.79 Å². The van der Waals surface area contributed by atoms with Gasteiger partial charge in [0, 0.05) is 18.6 Å². The van der Waals surface area contributed by atoms with Crippen molar-refractivity contribution in [2.24, 2.45) is 0 Å². The second-order valence-corrected chi connectivity index (χ2v) is 4.84. The van der Waals surface area contributed by atoms with Crippen LogP contribution in [0.5, 0.6) is 0 Å². The van der Waals surface area contributed by atoms with Gasteiger partial charge in [-0.05, 0) is 24.3 Å². The van der Waals surface area contributed by atoms with Crippen molar-refractivity contribution in [3.63, 3.8) is 0 Å². The molecule has 0 aliphatic rings. The molecule has 0 bridgehead atoms. The number of furan rings is 1. The molecule has 0 atom stereocenters. The maximum Gasteiger partial charge on any atom is 0.286 e. The van der Waals surface area contributed by atoms with Crippen molar-refractivity contribution in [2.45, 2.75) is 6.54 Å². The number of anilines is 1. The number of H-pyrrole nitrogens is 1. The van der Waals surface area contributed by atoms with Gasteiger partial charge in [0.2, 0.25) is 0 Å². The van der Waals surface area contributed by atoms with Crippen LogP contribution in [0.25, 0.3) is 11.0 Å². The van der Waals surface area contributed by atoms with Gasteiger partial charge in [0.1, 0.15) is 17.2 Å². The van der Waals surface area contributed by atoms with E-state index < -0.39 is 0 Å². The number of hydrogen-bond donors (Lipinski definition) is 3. The molecule has 0 radical (unpaired) electrons. The van der Waals surface area contributed by atoms with Crippen LogP contribution in [0.3, 0.4) is 0 Å². The molecular formula is C14H13ClN4O2. The molecule has 0 saturated carbocycles. The Labute approximate surface area is 125 Å². The molecule has 0 aliphatic heterocycles. The first kappa shape index (κ1) is 13.5. The lowest BCUT2D eigenvalue weighted by Crippen LogP contribution is -2.16. The van der Waals surface area contributed by atoms with Crippen molar-refractivity contribution < 1.29 is 9.21 Å². The molecule has 7 heteroatoms. The maximum atomic E-state index is 11.4. The highest BCUT2D eigenvalue weighted by molar-refractivity contribution is 6.35. The van der Waals surface area contributed by atoms with Crippen molar-refractivity contribution in [3.05, 3.63) is 47.0 Å². The van der Waals surface area contributed by atoms with E-state index in [4.69, 9.17) is 16.0 Å². The number of aromatic nitrogens is 2. The number of amides is 1. The smallest absolute Gasteiger partial charge is 0.286 e. The first-order chi connectivity index (χ1) is 10.2. The Hall–Kier alpha value is -2.47. The van der Waals surface area contributed by atoms with Crippen LogP contribution in [0, 0.1) is 0 Å². The van der Waals surface area contributed by atoms with E-state index in [-0.39, 0.29) is 11.7 Å². The van der Waals surface area contributed by atoms with E-state index in [0.717, 1.165) is 11.0 Å². The molecule has 0 spiro atoms. The molecule has 0 unspecified atom stereocenters. The number of nitrogens with zero attached hydrogens (tertiary/aromatic N) is 1. The third kappa shape index (κ3) is 2.71. The number of rotatable bonds is 4. The quantitative estimate of drug-likeness (QED) is 0.692. The molecule has 6 nitrogen and oxygen atoms in total. The van der Waals surface area contributed by atoms with Crippen LogP contribution < -0.4 is 10.6 Å².